The molecule has 16 aromatic rings. The predicted octanol–water partition coefficient (Wildman–Crippen LogP) is 24.0. The maximum absolute atomic E-state index is 14.1. The van der Waals surface area contributed by atoms with Gasteiger partial charge in [-0.3, -0.25) is 0 Å². The van der Waals surface area contributed by atoms with Gasteiger partial charge in [0, 0.05) is 62.6 Å². The van der Waals surface area contributed by atoms with E-state index in [4.69, 9.17) is 0 Å². The molecule has 0 spiro atoms. The summed E-state index contributed by atoms with van der Waals surface area (Å²) in [6, 6.07) is 92.6. The van der Waals surface area contributed by atoms with Gasteiger partial charge in [-0.1, -0.05) is 146 Å². The van der Waals surface area contributed by atoms with Crippen LogP contribution in [0.25, 0.3) is 0 Å². The maximum Gasteiger partial charge on any atom is 0.233 e. The molecule has 24 nitrogen and oxygen atoms in total. The quantitative estimate of drug-likeness (QED) is 0.0253. The summed E-state index contributed by atoms with van der Waals surface area (Å²) < 4.78 is 27.3. The summed E-state index contributed by atoms with van der Waals surface area (Å²) in [6.45, 7) is 20.5. The van der Waals surface area contributed by atoms with Crippen LogP contribution < -0.4 is 63.8 Å². The molecule has 0 saturated carbocycles. The highest BCUT2D eigenvalue weighted by atomic mass is 19.1. The maximum atomic E-state index is 14.1. The number of hydrogen-bond acceptors (Lipinski definition) is 24. The van der Waals surface area contributed by atoms with Gasteiger partial charge in [0.05, 0.1) is 5.69 Å². The number of rotatable bonds is 25. The minimum Gasteiger partial charge on any atom is -0.324 e. The van der Waals surface area contributed by atoms with Crippen LogP contribution in [0.5, 0.6) is 0 Å². The zero-order chi connectivity index (χ0) is 84.4. The van der Waals surface area contributed by atoms with E-state index >= 15 is 0 Å². The van der Waals surface area contributed by atoms with Crippen molar-refractivity contribution >= 4 is 140 Å². The molecule has 0 aliphatic heterocycles. The summed E-state index contributed by atoms with van der Waals surface area (Å²) >= 11 is 0. The first-order valence-corrected chi connectivity index (χ1v) is 39.2. The van der Waals surface area contributed by atoms with Crippen LogP contribution in [-0.2, 0) is 6.42 Å². The molecule has 4 aromatic heterocycles. The van der Waals surface area contributed by atoms with E-state index in [1.54, 1.807) is 30.3 Å². The highest BCUT2D eigenvalue weighted by Gasteiger charge is 2.16. The van der Waals surface area contributed by atoms with Crippen LogP contribution in [0.1, 0.15) is 62.6 Å². The Morgan fingerprint density at radius 1 is 0.190 bits per heavy atom. The van der Waals surface area contributed by atoms with Gasteiger partial charge in [-0.25, -0.2) is 8.78 Å². The first kappa shape index (κ1) is 83.1. The smallest absolute Gasteiger partial charge is 0.233 e. The molecular weight excluding hydrogens is 1520 g/mol. The zero-order valence-corrected chi connectivity index (χ0v) is 68.5. The summed E-state index contributed by atoms with van der Waals surface area (Å²) in [6.07, 6.45) is 1.00. The average molecular weight is 1610 g/mol. The second-order valence-electron chi connectivity index (χ2n) is 28.6. The molecule has 0 bridgehead atoms. The summed E-state index contributed by atoms with van der Waals surface area (Å²) in [7, 11) is 0. The van der Waals surface area contributed by atoms with Crippen molar-refractivity contribution in [3.8, 4) is 0 Å². The Hall–Kier alpha value is -15.9. The summed E-state index contributed by atoms with van der Waals surface area (Å²) in [5.41, 5.74) is 21.5. The molecule has 0 saturated heterocycles. The number of para-hydroxylation sites is 1. The molecule has 0 aliphatic rings. The first-order chi connectivity index (χ1) is 58.7. The molecule has 0 atom stereocenters. The molecule has 0 radical (unpaired) electrons. The molecule has 4 heterocycles. The van der Waals surface area contributed by atoms with Gasteiger partial charge < -0.3 is 63.8 Å². The van der Waals surface area contributed by atoms with E-state index in [9.17, 15) is 8.78 Å². The van der Waals surface area contributed by atoms with Crippen molar-refractivity contribution in [2.45, 2.75) is 75.7 Å². The van der Waals surface area contributed by atoms with Crippen LogP contribution >= 0.6 is 0 Å². The molecule has 16 rings (SSSR count). The highest BCUT2D eigenvalue weighted by Crippen LogP contribution is 2.30. The molecule has 0 amide bonds. The van der Waals surface area contributed by atoms with Crippen molar-refractivity contribution in [1.82, 2.24) is 59.8 Å². The average Bonchev–Trinajstić information content (AvgIpc) is 1.03. The van der Waals surface area contributed by atoms with E-state index in [1.807, 2.05) is 260 Å². The third kappa shape index (κ3) is 26.3. The lowest BCUT2D eigenvalue weighted by Gasteiger charge is -2.12. The molecular formula is C95H92F2N24. The van der Waals surface area contributed by atoms with Crippen LogP contribution in [0, 0.1) is 73.9 Å². The van der Waals surface area contributed by atoms with E-state index in [0.29, 0.717) is 71.1 Å². The Balaban J connectivity index is 0.000000139. The largest absolute Gasteiger partial charge is 0.324 e. The number of nitrogens with one attached hydrogen (secondary N) is 12. The Kier molecular flexibility index (Phi) is 27.9. The standard InChI is InChI=1S/C25H26N6.C24H24N6.2C23H21FN6/c1-4-19-11-13-20(14-12-19)26-23-29-24(27-21-9-5-7-17(2)15-21)31-25(30-23)28-22-10-6-8-18(3)16-22;1-16-10-12-19(13-11-16)25-22-28-23(26-20-8-4-6-17(2)14-20)30-24(29-22)27-21-9-5-7-18(3)15-21;1-15-5-3-7-19(13-15)26-22-28-21(25-18-11-9-17(24)10-12-18)29-23(30-22)27-20-8-4-6-16(2)14-20;1-15-7-5-9-17(13-15)25-21-28-22(26-18-10-6-8-16(2)14-18)30-23(29-21)27-20-12-4-3-11-19(20)24/h5-16H,4H2,1-3H3,(H3,26,27,28,29,30,31);4-15H,1-3H3,(H3,25,26,27,28,29,30);2*3-14H,1-2H3,(H3,25,26,27,28,29,30). The fourth-order valence-electron chi connectivity index (χ4n) is 12.1. The molecule has 0 unspecified atom stereocenters. The van der Waals surface area contributed by atoms with Gasteiger partial charge in [0.1, 0.15) is 11.6 Å². The number of hydrogen-bond donors (Lipinski definition) is 12. The molecule has 0 aliphatic carbocycles. The Bertz CT molecular complexity index is 5710. The van der Waals surface area contributed by atoms with Crippen molar-refractivity contribution in [2.24, 2.45) is 0 Å². The van der Waals surface area contributed by atoms with Crippen molar-refractivity contribution in [3.63, 3.8) is 0 Å². The van der Waals surface area contributed by atoms with E-state index in [2.05, 4.69) is 176 Å². The molecule has 606 valence electrons. The third-order valence-electron chi connectivity index (χ3n) is 17.9. The summed E-state index contributed by atoms with van der Waals surface area (Å²) in [5, 5.41) is 38.5. The van der Waals surface area contributed by atoms with Gasteiger partial charge in [-0.2, -0.15) is 59.8 Å². The SMILES string of the molecule is CCc1ccc(Nc2nc(Nc3cccc(C)c3)nc(Nc3cccc(C)c3)n2)cc1.Cc1ccc(Nc2nc(Nc3cccc(C)c3)nc(Nc3cccc(C)c3)n2)cc1.Cc1cccc(Nc2nc(Nc3ccc(F)cc3)nc(Nc3cccc(C)c3)n2)c1.Cc1cccc(Nc2nc(Nc3cccc(C)c3)nc(Nc3ccccc3F)n2)c1. The van der Waals surface area contributed by atoms with Crippen LogP contribution in [0.3, 0.4) is 0 Å². The monoisotopic (exact) mass is 1610 g/mol. The topological polar surface area (TPSA) is 299 Å². The van der Waals surface area contributed by atoms with Gasteiger partial charge >= 0.3 is 0 Å². The second kappa shape index (κ2) is 40.6. The van der Waals surface area contributed by atoms with Crippen LogP contribution in [0.15, 0.2) is 291 Å². The number of benzene rings is 12. The minimum atomic E-state index is -0.390. The molecule has 0 fully saturated rings. The number of aromatic nitrogens is 12. The van der Waals surface area contributed by atoms with Gasteiger partial charge in [-0.15, -0.1) is 0 Å². The number of nitrogens with zero attached hydrogens (tertiary/aromatic N) is 12. The Labute approximate surface area is 702 Å². The fourth-order valence-corrected chi connectivity index (χ4v) is 12.1. The van der Waals surface area contributed by atoms with E-state index < -0.39 is 0 Å². The van der Waals surface area contributed by atoms with Crippen molar-refractivity contribution in [3.05, 3.63) is 358 Å². The second-order valence-corrected chi connectivity index (χ2v) is 28.6. The fraction of sp³-hybridized carbons (Fsp3) is 0.116. The van der Waals surface area contributed by atoms with Gasteiger partial charge in [0.25, 0.3) is 0 Å². The first-order valence-electron chi connectivity index (χ1n) is 39.2. The van der Waals surface area contributed by atoms with E-state index in [1.165, 1.54) is 29.3 Å². The lowest BCUT2D eigenvalue weighted by atomic mass is 10.1. The predicted molar refractivity (Wildman–Crippen MR) is 488 cm³/mol. The van der Waals surface area contributed by atoms with Crippen molar-refractivity contribution in [1.29, 1.82) is 0 Å². The lowest BCUT2D eigenvalue weighted by molar-refractivity contribution is 0.628. The Morgan fingerprint density at radius 2 is 0.388 bits per heavy atom. The van der Waals surface area contributed by atoms with Crippen LogP contribution in [0.2, 0.25) is 0 Å². The molecule has 12 N–H and O–H groups in total. The van der Waals surface area contributed by atoms with E-state index in [-0.39, 0.29) is 23.3 Å². The summed E-state index contributed by atoms with van der Waals surface area (Å²) in [5.74, 6) is 4.07. The van der Waals surface area contributed by atoms with Crippen molar-refractivity contribution in [2.75, 3.05) is 63.8 Å². The number of halogens is 2. The van der Waals surface area contributed by atoms with Gasteiger partial charge in [0.15, 0.2) is 0 Å². The third-order valence-corrected chi connectivity index (χ3v) is 17.9. The Morgan fingerprint density at radius 3 is 0.603 bits per heavy atom. The molecule has 121 heavy (non-hydrogen) atoms. The van der Waals surface area contributed by atoms with Gasteiger partial charge in [-0.05, 0) is 277 Å². The highest BCUT2D eigenvalue weighted by molar-refractivity contribution is 5.69. The van der Waals surface area contributed by atoms with Crippen molar-refractivity contribution < 1.29 is 8.78 Å². The van der Waals surface area contributed by atoms with Crippen LogP contribution in [0.4, 0.5) is 148 Å². The van der Waals surface area contributed by atoms with Gasteiger partial charge in [0.2, 0.25) is 71.4 Å². The van der Waals surface area contributed by atoms with E-state index in [0.717, 1.165) is 108 Å². The number of anilines is 24. The number of aryl methyl sites for hydroxylation is 10. The lowest BCUT2D eigenvalue weighted by Crippen LogP contribution is -2.08. The van der Waals surface area contributed by atoms with Crippen LogP contribution in [-0.4, -0.2) is 59.8 Å². The normalized spacial score (nSPS) is 10.5. The molecule has 26 heteroatoms. The zero-order valence-electron chi connectivity index (χ0n) is 68.5. The summed E-state index contributed by atoms with van der Waals surface area (Å²) in [4.78, 5) is 54.0. The molecule has 12 aromatic carbocycles. The minimum absolute atomic E-state index is 0.223.